The fraction of sp³-hybridized carbons (Fsp3) is 0.644. The highest BCUT2D eigenvalue weighted by Gasteiger charge is 2.55. The lowest BCUT2D eigenvalue weighted by molar-refractivity contribution is -0.663. The third-order valence-corrected chi connectivity index (χ3v) is 17.4. The molecule has 6 heterocycles. The Bertz CT molecular complexity index is 3150. The van der Waals surface area contributed by atoms with Crippen molar-refractivity contribution in [1.82, 2.24) is 31.9 Å². The second kappa shape index (κ2) is 33.3. The van der Waals surface area contributed by atoms with E-state index in [4.69, 9.17) is 39.9 Å². The van der Waals surface area contributed by atoms with Crippen molar-refractivity contribution in [3.8, 4) is 5.75 Å². The van der Waals surface area contributed by atoms with Gasteiger partial charge in [-0.15, -0.1) is 0 Å². The third-order valence-electron chi connectivity index (χ3n) is 17.4. The number of carbonyl (C=O) groups excluding carboxylic acids is 5. The molecule has 2 aromatic rings. The summed E-state index contributed by atoms with van der Waals surface area (Å²) >= 11 is 0. The average molecular weight is 1380 g/mol. The number of hydrogen-bond donors (Lipinski definition) is 24. The SMILES string of the molecule is CC(C)CC(=O)O[C@H]1[C@H](O)[C@H](O)[C@@H](O[C@H]2[C@H](O)[C@H](O)[C@@H](Oc3ccc(C[C@H]4NC(=O)[C@H]([C@@H](C)c5ccccc5)N=C([O-])C[NH+]=C(O)[C@H](CO)NC(=O)[C@@H]([C@H](O)[C@@H]5CNC(N)=[N+]5[C@H]5O[C@H](CO)[C@@H](O)[C@H](O)[C@@H]5O)NC(=O)[C@H]([C@H](O)[C@@H]5C[NH+]=C(N)N5)NC4=O)cc3)O[C@@H]2CO)O[C@@H]1CO. The molecule has 2 aromatic carbocycles. The van der Waals surface area contributed by atoms with Gasteiger partial charge in [0.1, 0.15) is 128 Å². The van der Waals surface area contributed by atoms with Crippen molar-refractivity contribution in [3.63, 3.8) is 0 Å². The molecule has 3 fully saturated rings. The molecule has 538 valence electrons. The summed E-state index contributed by atoms with van der Waals surface area (Å²) in [4.78, 5) is 81.5. The van der Waals surface area contributed by atoms with Gasteiger partial charge in [-0.25, -0.2) is 9.57 Å². The molecule has 0 aromatic heterocycles. The minimum absolute atomic E-state index is 0.0587. The number of amides is 4. The third kappa shape index (κ3) is 17.6. The number of nitrogens with zero attached hydrogens (tertiary/aromatic N) is 2. The number of aliphatic imine (C=N–C) groups is 1. The van der Waals surface area contributed by atoms with E-state index in [0.717, 1.165) is 4.58 Å². The normalized spacial score (nSPS) is 35.9. The standard InChI is InChI=1S/C59H86N12O26/c1-22(2)13-35(77)96-48-32(20-74)95-57(47(86)43(48)82)97-49-33(21-75)94-56(46(85)44(49)83)92-26-11-9-24(10-12-26)14-27-51(88)69-37(39(78)28-15-63-58(60)67-28)54(91)70-38(40(79)30-16-64-59(61)71(30)55-45(84)42(81)41(80)31(19-73)93-55)53(90)66-29(18-72)50(87)62-17-34(76)68-36(52(89)65-27)23(3)25-7-5-4-6-8-25/h4-12,22-23,27-33,36-49,55-57,72-75,78-86H,13-21H2,1-3H3,(H11,60,61,62,63,64,65,66,67,68,69,70,76,87,88,89,90,91)/p+2/t23-,27+,28-,29-,30-,31+,32+,33+,36-,37-,38+,39+,40+,41+,42-,43+,44+,45-,46-,47-,48+,49+,55-,56-,57+/m0/s1. The van der Waals surface area contributed by atoms with Gasteiger partial charge in [-0.3, -0.25) is 56.1 Å². The van der Waals surface area contributed by atoms with Crippen LogP contribution >= 0.6 is 0 Å². The Kier molecular flexibility index (Phi) is 25.8. The van der Waals surface area contributed by atoms with Gasteiger partial charge >= 0.3 is 23.8 Å². The number of benzene rings is 2. The van der Waals surface area contributed by atoms with Crippen LogP contribution in [0.2, 0.25) is 0 Å². The van der Waals surface area contributed by atoms with Crippen LogP contribution in [0.4, 0.5) is 0 Å². The van der Waals surface area contributed by atoms with E-state index in [9.17, 15) is 91.0 Å². The number of carbonyl (C=O) groups is 5. The van der Waals surface area contributed by atoms with Crippen molar-refractivity contribution >= 4 is 53.3 Å². The molecule has 6 aliphatic heterocycles. The Labute approximate surface area is 553 Å². The summed E-state index contributed by atoms with van der Waals surface area (Å²) in [6.07, 6.45) is -31.6. The summed E-state index contributed by atoms with van der Waals surface area (Å²) < 4.78 is 35.1. The Morgan fingerprint density at radius 2 is 1.28 bits per heavy atom. The van der Waals surface area contributed by atoms with Crippen molar-refractivity contribution < 1.29 is 144 Å². The zero-order chi connectivity index (χ0) is 70.9. The van der Waals surface area contributed by atoms with Crippen LogP contribution in [-0.2, 0) is 54.1 Å². The molecule has 0 spiro atoms. The second-order valence-corrected chi connectivity index (χ2v) is 24.7. The predicted octanol–water partition coefficient (Wildman–Crippen LogP) is -16.1. The zero-order valence-corrected chi connectivity index (χ0v) is 52.8. The molecule has 4 amide bonds. The van der Waals surface area contributed by atoms with Crippen LogP contribution in [0.15, 0.2) is 59.6 Å². The van der Waals surface area contributed by atoms with Gasteiger partial charge in [-0.05, 0) is 29.2 Å². The first-order valence-corrected chi connectivity index (χ1v) is 31.3. The van der Waals surface area contributed by atoms with Crippen LogP contribution in [0, 0.1) is 5.92 Å². The highest BCUT2D eigenvalue weighted by molar-refractivity contribution is 5.97. The number of aliphatic hydroxyl groups is 14. The molecule has 0 saturated carbocycles. The highest BCUT2D eigenvalue weighted by atomic mass is 16.7. The van der Waals surface area contributed by atoms with Crippen LogP contribution < -0.4 is 63.2 Å². The van der Waals surface area contributed by atoms with E-state index in [1.807, 2.05) is 0 Å². The number of hydrogen-bond acceptors (Lipinski definition) is 30. The van der Waals surface area contributed by atoms with Gasteiger partial charge in [0.15, 0.2) is 25.0 Å². The number of ether oxygens (including phenoxy) is 6. The van der Waals surface area contributed by atoms with Crippen LogP contribution in [0.25, 0.3) is 0 Å². The molecule has 6 aliphatic rings. The fourth-order valence-corrected chi connectivity index (χ4v) is 11.9. The van der Waals surface area contributed by atoms with Gasteiger partial charge in [-0.1, -0.05) is 63.2 Å². The van der Waals surface area contributed by atoms with E-state index >= 15 is 9.59 Å². The topological polar surface area (TPSA) is 615 Å². The van der Waals surface area contributed by atoms with Gasteiger partial charge in [0.2, 0.25) is 36.1 Å². The Morgan fingerprint density at radius 3 is 1.91 bits per heavy atom. The first-order chi connectivity index (χ1) is 46.1. The van der Waals surface area contributed by atoms with E-state index in [-0.39, 0.29) is 42.1 Å². The quantitative estimate of drug-likeness (QED) is 0.0432. The van der Waals surface area contributed by atoms with Gasteiger partial charge in [0.05, 0.1) is 33.0 Å². The molecule has 0 unspecified atom stereocenters. The highest BCUT2D eigenvalue weighted by Crippen LogP contribution is 2.33. The average Bonchev–Trinajstić information content (AvgIpc) is 1.74. The summed E-state index contributed by atoms with van der Waals surface area (Å²) in [5.41, 5.74) is 12.9. The maximum absolute atomic E-state index is 15.2. The lowest BCUT2D eigenvalue weighted by atomic mass is 9.92. The molecule has 0 radical (unpaired) electrons. The van der Waals surface area contributed by atoms with Crippen LogP contribution in [0.5, 0.6) is 5.75 Å². The van der Waals surface area contributed by atoms with Crippen LogP contribution in [0.1, 0.15) is 44.2 Å². The summed E-state index contributed by atoms with van der Waals surface area (Å²) in [5.74, 6) is -9.48. The summed E-state index contributed by atoms with van der Waals surface area (Å²) in [7, 11) is 0. The second-order valence-electron chi connectivity index (χ2n) is 24.7. The van der Waals surface area contributed by atoms with Crippen molar-refractivity contribution in [3.05, 3.63) is 65.7 Å². The Hall–Kier alpha value is -7.61. The van der Waals surface area contributed by atoms with Crippen molar-refractivity contribution in [2.75, 3.05) is 46.1 Å². The zero-order valence-electron chi connectivity index (χ0n) is 52.8. The molecule has 25 atom stereocenters. The van der Waals surface area contributed by atoms with Gasteiger partial charge in [-0.2, -0.15) is 0 Å². The minimum Gasteiger partial charge on any atom is -0.858 e. The maximum Gasteiger partial charge on any atom is 0.358 e. The van der Waals surface area contributed by atoms with Crippen molar-refractivity contribution in [2.24, 2.45) is 22.4 Å². The molecule has 97 heavy (non-hydrogen) atoms. The Balaban J connectivity index is 1.10. The number of nitrogens with one attached hydrogen (secondary N) is 8. The smallest absolute Gasteiger partial charge is 0.358 e. The monoisotopic (exact) mass is 1380 g/mol. The van der Waals surface area contributed by atoms with Crippen molar-refractivity contribution in [1.29, 1.82) is 0 Å². The summed E-state index contributed by atoms with van der Waals surface area (Å²) in [5, 5.41) is 183. The molecule has 38 heteroatoms. The number of aliphatic hydroxyl groups excluding tert-OH is 14. The Morgan fingerprint density at radius 1 is 0.680 bits per heavy atom. The van der Waals surface area contributed by atoms with Gasteiger partial charge in [0, 0.05) is 24.7 Å². The van der Waals surface area contributed by atoms with Crippen LogP contribution in [-0.4, -0.2) is 322 Å². The lowest BCUT2D eigenvalue weighted by Crippen LogP contribution is -2.80. The summed E-state index contributed by atoms with van der Waals surface area (Å²) in [6.45, 7) is -0.200. The van der Waals surface area contributed by atoms with E-state index in [0.29, 0.717) is 5.56 Å². The number of rotatable bonds is 20. The number of guanidine groups is 2. The summed E-state index contributed by atoms with van der Waals surface area (Å²) in [6, 6.07) is 0.976. The van der Waals surface area contributed by atoms with E-state index < -0.39 is 240 Å². The molecule has 0 aliphatic carbocycles. The van der Waals surface area contributed by atoms with Gasteiger partial charge in [0.25, 0.3) is 0 Å². The molecule has 0 bridgehead atoms. The van der Waals surface area contributed by atoms with Crippen LogP contribution in [0.3, 0.4) is 0 Å². The van der Waals surface area contributed by atoms with E-state index in [2.05, 4.69) is 46.9 Å². The molecular weight excluding hydrogens is 1290 g/mol. The molecule has 26 N–H and O–H groups in total. The molecule has 8 rings (SSSR count). The fourth-order valence-electron chi connectivity index (χ4n) is 11.9. The number of esters is 1. The maximum atomic E-state index is 15.2. The minimum atomic E-state index is -2.30. The van der Waals surface area contributed by atoms with E-state index in [1.165, 1.54) is 24.3 Å². The largest absolute Gasteiger partial charge is 0.858 e. The molecule has 38 nitrogen and oxygen atoms in total. The first-order valence-electron chi connectivity index (χ1n) is 31.3. The van der Waals surface area contributed by atoms with Crippen molar-refractivity contribution in [2.45, 2.75) is 186 Å². The first kappa shape index (κ1) is 75.2. The number of nitrogens with two attached hydrogens (primary N) is 2. The predicted molar refractivity (Wildman–Crippen MR) is 324 cm³/mol. The lowest BCUT2D eigenvalue weighted by Gasteiger charge is -2.46. The van der Waals surface area contributed by atoms with E-state index in [1.54, 1.807) is 51.1 Å². The van der Waals surface area contributed by atoms with Gasteiger partial charge < -0.3 is 126 Å². The molecular formula is C59H88N12O26+2. The molecule has 3 saturated heterocycles.